The van der Waals surface area contributed by atoms with E-state index in [1.165, 1.54) is 6.92 Å². The van der Waals surface area contributed by atoms with Crippen molar-refractivity contribution >= 4 is 23.0 Å². The molecule has 2 aromatic heterocycles. The summed E-state index contributed by atoms with van der Waals surface area (Å²) in [7, 11) is 0. The van der Waals surface area contributed by atoms with Crippen molar-refractivity contribution in [3.05, 3.63) is 51.2 Å². The number of unbranched alkanes of at least 4 members (excludes halogenated alkanes) is 1. The van der Waals surface area contributed by atoms with Gasteiger partial charge in [-0.25, -0.2) is 11.4 Å². The first-order valence-electron chi connectivity index (χ1n) is 15.3. The molecule has 3 aromatic rings. The molecule has 4 N–H and O–H groups in total. The number of H-pyrrole nitrogens is 1. The second-order valence-corrected chi connectivity index (χ2v) is 11.2. The normalized spacial score (nSPS) is 17.2. The maximum atomic E-state index is 12.8. The molecule has 0 radical (unpaired) electrons. The van der Waals surface area contributed by atoms with E-state index in [1.807, 2.05) is 19.1 Å². The van der Waals surface area contributed by atoms with Gasteiger partial charge in [-0.2, -0.15) is 9.97 Å². The van der Waals surface area contributed by atoms with Gasteiger partial charge in [0.2, 0.25) is 6.54 Å². The van der Waals surface area contributed by atoms with Crippen LogP contribution in [-0.4, -0.2) is 68.7 Å². The molecule has 1 aliphatic heterocycles. The van der Waals surface area contributed by atoms with Gasteiger partial charge in [-0.3, -0.25) is 14.3 Å². The molecule has 3 heterocycles. The average Bonchev–Trinajstić information content (AvgIpc) is 3.30. The number of nitrogens with zero attached hydrogens (tertiary/aromatic N) is 5. The molecule has 12 nitrogen and oxygen atoms in total. The smallest absolute Gasteiger partial charge is 0.327 e. The number of aromatic amines is 1. The summed E-state index contributed by atoms with van der Waals surface area (Å²) in [5.74, 6) is 0.472. The fraction of sp³-hybridized carbons (Fsp3) is 0.581. The highest BCUT2D eigenvalue weighted by atomic mass is 16.5. The predicted molar refractivity (Wildman–Crippen MR) is 166 cm³/mol. The molecule has 12 heteroatoms. The zero-order chi connectivity index (χ0) is 30.8. The molecule has 0 spiro atoms. The molecular weight excluding hydrogens is 548 g/mol. The van der Waals surface area contributed by atoms with Gasteiger partial charge in [0.15, 0.2) is 11.5 Å². The third kappa shape index (κ3) is 8.55. The second-order valence-electron chi connectivity index (χ2n) is 11.2. The molecule has 0 amide bonds. The van der Waals surface area contributed by atoms with Gasteiger partial charge in [0.1, 0.15) is 11.3 Å². The number of benzene rings is 1. The van der Waals surface area contributed by atoms with Gasteiger partial charge in [0.25, 0.3) is 0 Å². The molecule has 1 aliphatic rings. The Morgan fingerprint density at radius 1 is 1.26 bits per heavy atom. The number of aromatic nitrogens is 4. The monoisotopic (exact) mass is 592 g/mol. The maximum Gasteiger partial charge on any atom is 0.327 e. The number of aryl methyl sites for hydroxylation is 1. The predicted octanol–water partition coefficient (Wildman–Crippen LogP) is 3.83. The van der Waals surface area contributed by atoms with Crippen molar-refractivity contribution in [2.45, 2.75) is 90.9 Å². The summed E-state index contributed by atoms with van der Waals surface area (Å²) in [4.78, 5) is 41.8. The number of ether oxygens (including phenoxy) is 2. The summed E-state index contributed by atoms with van der Waals surface area (Å²) in [5.41, 5.74) is 8.83. The van der Waals surface area contributed by atoms with E-state index >= 15 is 0 Å². The van der Waals surface area contributed by atoms with Crippen LogP contribution in [0.4, 0.5) is 5.82 Å². The van der Waals surface area contributed by atoms with Crippen LogP contribution in [0.3, 0.4) is 0 Å². The number of likely N-dealkylation sites (tertiary alicyclic amines) is 1. The third-order valence-electron chi connectivity index (χ3n) is 8.06. The van der Waals surface area contributed by atoms with E-state index in [2.05, 4.69) is 43.0 Å². The number of esters is 1. The van der Waals surface area contributed by atoms with Crippen molar-refractivity contribution in [1.29, 1.82) is 0 Å². The van der Waals surface area contributed by atoms with E-state index in [0.29, 0.717) is 55.2 Å². The molecule has 43 heavy (non-hydrogen) atoms. The number of nitrogens with one attached hydrogen (secondary N) is 2. The summed E-state index contributed by atoms with van der Waals surface area (Å²) in [5, 5.41) is 3.73. The summed E-state index contributed by atoms with van der Waals surface area (Å²) in [6.45, 7) is 16.7. The van der Waals surface area contributed by atoms with Crippen molar-refractivity contribution < 1.29 is 14.3 Å². The Labute approximate surface area is 252 Å². The van der Waals surface area contributed by atoms with E-state index in [-0.39, 0.29) is 23.5 Å². The van der Waals surface area contributed by atoms with E-state index in [4.69, 9.17) is 21.8 Å². The molecule has 1 saturated heterocycles. The van der Waals surface area contributed by atoms with Gasteiger partial charge >= 0.3 is 17.7 Å². The molecule has 2 atom stereocenters. The van der Waals surface area contributed by atoms with Crippen molar-refractivity contribution in [2.24, 2.45) is 0 Å². The zero-order valence-corrected chi connectivity index (χ0v) is 25.5. The maximum absolute atomic E-state index is 12.8. The Kier molecular flexibility index (Phi) is 11.5. The van der Waals surface area contributed by atoms with E-state index < -0.39 is 0 Å². The lowest BCUT2D eigenvalue weighted by Gasteiger charge is -2.40. The first kappa shape index (κ1) is 32.0. The number of hydrogen-bond acceptors (Lipinski definition) is 9. The molecule has 1 aromatic carbocycles. The van der Waals surface area contributed by atoms with E-state index in [9.17, 15) is 9.59 Å². The minimum Gasteiger partial charge on any atom is -0.463 e. The number of hydrogen-bond donors (Lipinski definition) is 3. The van der Waals surface area contributed by atoms with Crippen LogP contribution in [0.25, 0.3) is 16.0 Å². The lowest BCUT2D eigenvalue weighted by molar-refractivity contribution is -0.131. The van der Waals surface area contributed by atoms with Crippen molar-refractivity contribution in [3.63, 3.8) is 0 Å². The first-order valence-corrected chi connectivity index (χ1v) is 15.3. The van der Waals surface area contributed by atoms with Crippen LogP contribution in [0.15, 0.2) is 23.0 Å². The van der Waals surface area contributed by atoms with Gasteiger partial charge in [0.05, 0.1) is 6.61 Å². The number of nitrogen functional groups attached to an aromatic ring is 1. The van der Waals surface area contributed by atoms with Gasteiger partial charge in [0, 0.05) is 45.1 Å². The van der Waals surface area contributed by atoms with Crippen LogP contribution in [0.5, 0.6) is 11.8 Å². The Morgan fingerprint density at radius 2 is 2.09 bits per heavy atom. The number of rotatable bonds is 15. The summed E-state index contributed by atoms with van der Waals surface area (Å²) in [6, 6.07) is 6.62. The van der Waals surface area contributed by atoms with Crippen molar-refractivity contribution in [3.8, 4) is 11.8 Å². The van der Waals surface area contributed by atoms with Gasteiger partial charge in [-0.15, -0.1) is 0 Å². The fourth-order valence-corrected chi connectivity index (χ4v) is 5.70. The molecule has 232 valence electrons. The number of carbonyl (C=O) groups is 1. The summed E-state index contributed by atoms with van der Waals surface area (Å²) < 4.78 is 12.7. The Morgan fingerprint density at radius 3 is 2.86 bits per heavy atom. The number of anilines is 1. The average molecular weight is 593 g/mol. The van der Waals surface area contributed by atoms with Crippen LogP contribution in [0.1, 0.15) is 69.9 Å². The van der Waals surface area contributed by atoms with Gasteiger partial charge in [-0.1, -0.05) is 25.5 Å². The topological polar surface area (TPSA) is 145 Å². The van der Waals surface area contributed by atoms with Gasteiger partial charge < -0.3 is 30.4 Å². The molecule has 2 unspecified atom stereocenters. The third-order valence-corrected chi connectivity index (χ3v) is 8.06. The summed E-state index contributed by atoms with van der Waals surface area (Å²) >= 11 is 0. The van der Waals surface area contributed by atoms with Crippen LogP contribution in [0.2, 0.25) is 0 Å². The van der Waals surface area contributed by atoms with E-state index in [1.54, 1.807) is 4.57 Å². The zero-order valence-electron chi connectivity index (χ0n) is 25.5. The largest absolute Gasteiger partial charge is 0.463 e. The lowest BCUT2D eigenvalue weighted by Crippen LogP contribution is -2.49. The lowest BCUT2D eigenvalue weighted by atomic mass is 9.93. The number of piperidine rings is 1. The Bertz CT molecular complexity index is 1480. The van der Waals surface area contributed by atoms with E-state index in [0.717, 1.165) is 69.2 Å². The van der Waals surface area contributed by atoms with Crippen molar-refractivity contribution in [2.75, 3.05) is 32.0 Å². The molecular formula is C31H44N8O4. The van der Waals surface area contributed by atoms with Crippen LogP contribution in [-0.2, 0) is 17.9 Å². The molecule has 1 fully saturated rings. The molecule has 0 bridgehead atoms. The fourth-order valence-electron chi connectivity index (χ4n) is 5.70. The Hall–Kier alpha value is -3.95. The van der Waals surface area contributed by atoms with Crippen LogP contribution < -0.4 is 26.2 Å². The number of fused-ring (bicyclic) bond motifs is 1. The van der Waals surface area contributed by atoms with Crippen molar-refractivity contribution in [1.82, 2.24) is 29.7 Å². The molecule has 4 rings (SSSR count). The minimum atomic E-state index is -0.326. The highest BCUT2D eigenvalue weighted by Gasteiger charge is 2.28. The van der Waals surface area contributed by atoms with Crippen LogP contribution >= 0.6 is 0 Å². The number of carbonyl (C=O) groups excluding carboxylic acids is 1. The highest BCUT2D eigenvalue weighted by Crippen LogP contribution is 2.25. The Balaban J connectivity index is 1.41. The minimum absolute atomic E-state index is 0.187. The summed E-state index contributed by atoms with van der Waals surface area (Å²) in [6.07, 6.45) is 6.37. The number of imidazole rings is 1. The molecule has 0 saturated carbocycles. The van der Waals surface area contributed by atoms with Gasteiger partial charge in [-0.05, 0) is 62.8 Å². The highest BCUT2D eigenvalue weighted by molar-refractivity contribution is 5.81. The number of nitrogens with two attached hydrogens (primary N) is 1. The SMILES string of the molecule is [C-]#[N+]CCCN1CCC(NCc2cccc(OC(C)=O)c2C)CC1CCCn1c(=O)[nH]c2c(N)nc(OCCCC)nc21. The second kappa shape index (κ2) is 15.5. The first-order chi connectivity index (χ1) is 20.8. The molecule has 0 aliphatic carbocycles. The van der Waals surface area contributed by atoms with Crippen LogP contribution in [0, 0.1) is 13.5 Å². The quantitative estimate of drug-likeness (QED) is 0.104. The standard InChI is InChI=1S/C31H44N8O4/c1-5-6-18-42-30-36-28(32)27-29(37-30)39(31(41)35-27)16-8-11-25-19-24(13-17-38(25)15-9-14-33-4)34-20-23-10-7-12-26(21(23)2)43-22(3)40/h7,10,12,24-25,34H,5-6,8-9,11,13-20H2,1-3H3,(H,35,41)(H2,32,36,37).